The highest BCUT2D eigenvalue weighted by atomic mass is 35.5. The minimum Gasteiger partial charge on any atom is -0.495 e. The number of ether oxygens (including phenoxy) is 1. The summed E-state index contributed by atoms with van der Waals surface area (Å²) in [6.45, 7) is 1.08. The molecule has 17 heavy (non-hydrogen) atoms. The first-order chi connectivity index (χ1) is 8.35. The van der Waals surface area contributed by atoms with E-state index in [1.54, 1.807) is 13.3 Å². The molecule has 2 heterocycles. The normalized spacial score (nSPS) is 20.4. The molecular weight excluding hydrogens is 236 g/mol. The molecule has 0 aromatic carbocycles. The average molecular weight is 255 g/mol. The van der Waals surface area contributed by atoms with E-state index < -0.39 is 0 Å². The summed E-state index contributed by atoms with van der Waals surface area (Å²) in [5, 5.41) is 0. The first kappa shape index (κ1) is 12.5. The van der Waals surface area contributed by atoms with Crippen LogP contribution in [0, 0.1) is 0 Å². The molecule has 0 aliphatic carbocycles. The van der Waals surface area contributed by atoms with Gasteiger partial charge in [-0.3, -0.25) is 0 Å². The van der Waals surface area contributed by atoms with Gasteiger partial charge < -0.3 is 9.64 Å². The van der Waals surface area contributed by atoms with Gasteiger partial charge in [-0.15, -0.1) is 11.6 Å². The van der Waals surface area contributed by atoms with Crippen molar-refractivity contribution in [1.82, 2.24) is 4.98 Å². The van der Waals surface area contributed by atoms with Crippen LogP contribution >= 0.6 is 11.6 Å². The van der Waals surface area contributed by atoms with Gasteiger partial charge in [0.05, 0.1) is 13.3 Å². The van der Waals surface area contributed by atoms with E-state index in [9.17, 15) is 0 Å². The third-order valence-corrected chi connectivity index (χ3v) is 3.54. The Hall–Kier alpha value is -0.960. The molecule has 3 nitrogen and oxygen atoms in total. The van der Waals surface area contributed by atoms with Crippen LogP contribution in [-0.2, 0) is 0 Å². The molecule has 1 fully saturated rings. The highest BCUT2D eigenvalue weighted by Gasteiger charge is 2.22. The van der Waals surface area contributed by atoms with E-state index in [1.165, 1.54) is 19.3 Å². The maximum absolute atomic E-state index is 5.87. The lowest BCUT2D eigenvalue weighted by atomic mass is 10.00. The number of piperidine rings is 1. The van der Waals surface area contributed by atoms with E-state index in [1.807, 2.05) is 12.1 Å². The number of aromatic nitrogens is 1. The van der Waals surface area contributed by atoms with Gasteiger partial charge in [0.2, 0.25) is 0 Å². The van der Waals surface area contributed by atoms with Crippen LogP contribution in [0.5, 0.6) is 5.75 Å². The number of rotatable bonds is 4. The minimum atomic E-state index is 0.544. The highest BCUT2D eigenvalue weighted by Crippen LogP contribution is 2.26. The molecule has 1 aliphatic heterocycles. The van der Waals surface area contributed by atoms with Crippen molar-refractivity contribution in [3.63, 3.8) is 0 Å². The fourth-order valence-corrected chi connectivity index (χ4v) is 2.64. The van der Waals surface area contributed by atoms with Crippen molar-refractivity contribution in [3.8, 4) is 5.75 Å². The van der Waals surface area contributed by atoms with Crippen LogP contribution in [0.25, 0.3) is 0 Å². The van der Waals surface area contributed by atoms with E-state index >= 15 is 0 Å². The van der Waals surface area contributed by atoms with Gasteiger partial charge in [-0.05, 0) is 37.8 Å². The summed E-state index contributed by atoms with van der Waals surface area (Å²) in [6.07, 6.45) is 6.58. The first-order valence-corrected chi connectivity index (χ1v) is 6.71. The third kappa shape index (κ3) is 3.03. The van der Waals surface area contributed by atoms with Crippen molar-refractivity contribution in [1.29, 1.82) is 0 Å². The lowest BCUT2D eigenvalue weighted by Crippen LogP contribution is -2.40. The molecule has 0 saturated carbocycles. The van der Waals surface area contributed by atoms with Gasteiger partial charge in [0.1, 0.15) is 11.6 Å². The van der Waals surface area contributed by atoms with Crippen LogP contribution in [0.4, 0.5) is 5.82 Å². The van der Waals surface area contributed by atoms with Gasteiger partial charge in [0, 0.05) is 18.5 Å². The maximum atomic E-state index is 5.87. The lowest BCUT2D eigenvalue weighted by molar-refractivity contribution is 0.411. The Balaban J connectivity index is 2.11. The maximum Gasteiger partial charge on any atom is 0.137 e. The molecule has 0 radical (unpaired) electrons. The molecule has 0 bridgehead atoms. The SMILES string of the molecule is COc1ccc(N2CCCCC2CCCl)nc1. The van der Waals surface area contributed by atoms with Gasteiger partial charge in [0.25, 0.3) is 0 Å². The second-order valence-corrected chi connectivity index (χ2v) is 4.75. The van der Waals surface area contributed by atoms with Gasteiger partial charge in [-0.2, -0.15) is 0 Å². The topological polar surface area (TPSA) is 25.4 Å². The number of anilines is 1. The predicted molar refractivity (Wildman–Crippen MR) is 71.1 cm³/mol. The summed E-state index contributed by atoms with van der Waals surface area (Å²) in [5.74, 6) is 2.57. The number of methoxy groups -OCH3 is 1. The van der Waals surface area contributed by atoms with E-state index in [2.05, 4.69) is 9.88 Å². The zero-order chi connectivity index (χ0) is 12.1. The Bertz CT molecular complexity index is 340. The quantitative estimate of drug-likeness (QED) is 0.773. The molecule has 1 saturated heterocycles. The third-order valence-electron chi connectivity index (χ3n) is 3.32. The van der Waals surface area contributed by atoms with Crippen LogP contribution in [0.2, 0.25) is 0 Å². The van der Waals surface area contributed by atoms with Gasteiger partial charge in [-0.1, -0.05) is 0 Å². The lowest BCUT2D eigenvalue weighted by Gasteiger charge is -2.36. The average Bonchev–Trinajstić information content (AvgIpc) is 2.40. The zero-order valence-electron chi connectivity index (χ0n) is 10.2. The van der Waals surface area contributed by atoms with E-state index in [0.717, 1.165) is 30.4 Å². The molecule has 1 aromatic heterocycles. The molecule has 4 heteroatoms. The molecule has 0 spiro atoms. The molecule has 0 N–H and O–H groups in total. The van der Waals surface area contributed by atoms with Crippen LogP contribution in [0.15, 0.2) is 18.3 Å². The Morgan fingerprint density at radius 1 is 1.47 bits per heavy atom. The van der Waals surface area contributed by atoms with E-state index in [-0.39, 0.29) is 0 Å². The minimum absolute atomic E-state index is 0.544. The monoisotopic (exact) mass is 254 g/mol. The van der Waals surface area contributed by atoms with Crippen LogP contribution in [0.3, 0.4) is 0 Å². The molecule has 1 aromatic rings. The van der Waals surface area contributed by atoms with Crippen LogP contribution in [-0.4, -0.2) is 30.6 Å². The van der Waals surface area contributed by atoms with E-state index in [0.29, 0.717) is 6.04 Å². The Kier molecular flexibility index (Phi) is 4.49. The van der Waals surface area contributed by atoms with Gasteiger partial charge in [-0.25, -0.2) is 4.98 Å². The summed E-state index contributed by atoms with van der Waals surface area (Å²) in [4.78, 5) is 6.84. The number of halogens is 1. The van der Waals surface area contributed by atoms with Gasteiger partial charge >= 0.3 is 0 Å². The van der Waals surface area contributed by atoms with Crippen LogP contribution < -0.4 is 9.64 Å². The fraction of sp³-hybridized carbons (Fsp3) is 0.615. The smallest absolute Gasteiger partial charge is 0.137 e. The number of hydrogen-bond acceptors (Lipinski definition) is 3. The number of nitrogens with zero attached hydrogens (tertiary/aromatic N) is 2. The summed E-state index contributed by atoms with van der Waals surface area (Å²) < 4.78 is 5.13. The highest BCUT2D eigenvalue weighted by molar-refractivity contribution is 6.17. The van der Waals surface area contributed by atoms with Crippen molar-refractivity contribution >= 4 is 17.4 Å². The van der Waals surface area contributed by atoms with Crippen molar-refractivity contribution in [2.75, 3.05) is 24.4 Å². The fourth-order valence-electron chi connectivity index (χ4n) is 2.39. The number of hydrogen-bond donors (Lipinski definition) is 0. The standard InChI is InChI=1S/C13H19ClN2O/c1-17-12-5-6-13(15-10-12)16-9-3-2-4-11(16)7-8-14/h5-6,10-11H,2-4,7-9H2,1H3. The number of alkyl halides is 1. The molecular formula is C13H19ClN2O. The largest absolute Gasteiger partial charge is 0.495 e. The Morgan fingerprint density at radius 3 is 3.00 bits per heavy atom. The molecule has 1 atom stereocenters. The Morgan fingerprint density at radius 2 is 2.35 bits per heavy atom. The van der Waals surface area contributed by atoms with Crippen molar-refractivity contribution in [2.24, 2.45) is 0 Å². The second kappa shape index (κ2) is 6.10. The summed E-state index contributed by atoms with van der Waals surface area (Å²) in [5.41, 5.74) is 0. The van der Waals surface area contributed by atoms with Crippen molar-refractivity contribution < 1.29 is 4.74 Å². The summed E-state index contributed by atoms with van der Waals surface area (Å²) in [6, 6.07) is 4.54. The molecule has 1 aliphatic rings. The Labute approximate surface area is 108 Å². The van der Waals surface area contributed by atoms with Crippen LogP contribution in [0.1, 0.15) is 25.7 Å². The molecule has 94 valence electrons. The van der Waals surface area contributed by atoms with E-state index in [4.69, 9.17) is 16.3 Å². The predicted octanol–water partition coefficient (Wildman–Crippen LogP) is 3.08. The first-order valence-electron chi connectivity index (χ1n) is 6.18. The van der Waals surface area contributed by atoms with Gasteiger partial charge in [0.15, 0.2) is 0 Å². The molecule has 2 rings (SSSR count). The second-order valence-electron chi connectivity index (χ2n) is 4.38. The molecule has 1 unspecified atom stereocenters. The molecule has 0 amide bonds. The zero-order valence-corrected chi connectivity index (χ0v) is 11.0. The summed E-state index contributed by atoms with van der Waals surface area (Å²) >= 11 is 5.87. The van der Waals surface area contributed by atoms with Crippen molar-refractivity contribution in [3.05, 3.63) is 18.3 Å². The van der Waals surface area contributed by atoms with Crippen molar-refractivity contribution in [2.45, 2.75) is 31.7 Å². The summed E-state index contributed by atoms with van der Waals surface area (Å²) in [7, 11) is 1.66. The number of pyridine rings is 1.